The van der Waals surface area contributed by atoms with E-state index in [0.29, 0.717) is 18.2 Å². The highest BCUT2D eigenvalue weighted by Gasteiger charge is 2.15. The Morgan fingerprint density at radius 2 is 2.13 bits per heavy atom. The zero-order valence-electron chi connectivity index (χ0n) is 13.5. The van der Waals surface area contributed by atoms with Gasteiger partial charge in [-0.15, -0.1) is 11.3 Å². The minimum atomic E-state index is -0.571. The van der Waals surface area contributed by atoms with Crippen LogP contribution in [0.25, 0.3) is 0 Å². The summed E-state index contributed by atoms with van der Waals surface area (Å²) in [6, 6.07) is 11.3. The smallest absolute Gasteiger partial charge is 0.260 e. The van der Waals surface area contributed by atoms with Crippen LogP contribution in [0.3, 0.4) is 0 Å². The Morgan fingerprint density at radius 1 is 1.30 bits per heavy atom. The molecule has 0 aliphatic carbocycles. The summed E-state index contributed by atoms with van der Waals surface area (Å²) in [5.74, 6) is 0.839. The molecule has 0 spiro atoms. The van der Waals surface area contributed by atoms with Crippen molar-refractivity contribution >= 4 is 17.2 Å². The standard InChI is InChI=1S/C18H23NO3S/c1-13(9-17-7-4-8-23-17)11-19-18(21)14(2)22-16-6-3-5-15(10-16)12-20/h3-8,10,13-14,20H,9,11-12H2,1-2H3,(H,19,21). The van der Waals surface area contributed by atoms with E-state index in [4.69, 9.17) is 9.84 Å². The molecule has 0 bridgehead atoms. The zero-order chi connectivity index (χ0) is 16.7. The third-order valence-electron chi connectivity index (χ3n) is 3.52. The van der Waals surface area contributed by atoms with Gasteiger partial charge in [-0.25, -0.2) is 0 Å². The molecule has 2 rings (SSSR count). The van der Waals surface area contributed by atoms with Gasteiger partial charge in [0.05, 0.1) is 6.61 Å². The lowest BCUT2D eigenvalue weighted by Gasteiger charge is -2.17. The Balaban J connectivity index is 1.78. The van der Waals surface area contributed by atoms with Crippen molar-refractivity contribution in [2.75, 3.05) is 6.54 Å². The number of aliphatic hydroxyl groups is 1. The highest BCUT2D eigenvalue weighted by Crippen LogP contribution is 2.16. The van der Waals surface area contributed by atoms with Gasteiger partial charge in [-0.3, -0.25) is 4.79 Å². The van der Waals surface area contributed by atoms with E-state index in [1.54, 1.807) is 36.5 Å². The van der Waals surface area contributed by atoms with E-state index in [9.17, 15) is 4.79 Å². The van der Waals surface area contributed by atoms with Gasteiger partial charge in [0, 0.05) is 11.4 Å². The van der Waals surface area contributed by atoms with Crippen molar-refractivity contribution < 1.29 is 14.6 Å². The molecule has 0 saturated heterocycles. The van der Waals surface area contributed by atoms with Crippen LogP contribution in [0.4, 0.5) is 0 Å². The lowest BCUT2D eigenvalue weighted by molar-refractivity contribution is -0.127. The van der Waals surface area contributed by atoms with Gasteiger partial charge < -0.3 is 15.2 Å². The number of hydrogen-bond acceptors (Lipinski definition) is 4. The summed E-state index contributed by atoms with van der Waals surface area (Å²) in [5.41, 5.74) is 0.764. The Hall–Kier alpha value is -1.85. The molecule has 0 radical (unpaired) electrons. The van der Waals surface area contributed by atoms with E-state index in [1.807, 2.05) is 12.1 Å². The van der Waals surface area contributed by atoms with Crippen molar-refractivity contribution in [3.05, 3.63) is 52.2 Å². The fourth-order valence-corrected chi connectivity index (χ4v) is 3.11. The van der Waals surface area contributed by atoms with Crippen LogP contribution in [0.2, 0.25) is 0 Å². The maximum Gasteiger partial charge on any atom is 0.260 e. The van der Waals surface area contributed by atoms with Crippen molar-refractivity contribution in [1.29, 1.82) is 0 Å². The Morgan fingerprint density at radius 3 is 2.83 bits per heavy atom. The molecule has 1 amide bonds. The van der Waals surface area contributed by atoms with Crippen LogP contribution >= 0.6 is 11.3 Å². The van der Waals surface area contributed by atoms with Crippen molar-refractivity contribution in [2.24, 2.45) is 5.92 Å². The van der Waals surface area contributed by atoms with Gasteiger partial charge in [-0.2, -0.15) is 0 Å². The lowest BCUT2D eigenvalue weighted by atomic mass is 10.1. The monoisotopic (exact) mass is 333 g/mol. The first-order valence-electron chi connectivity index (χ1n) is 7.75. The fourth-order valence-electron chi connectivity index (χ4n) is 2.24. The Kier molecular flexibility index (Phi) is 6.62. The predicted octanol–water partition coefficient (Wildman–Crippen LogP) is 3.00. The summed E-state index contributed by atoms with van der Waals surface area (Å²) in [5, 5.41) is 14.1. The van der Waals surface area contributed by atoms with Gasteiger partial charge in [0.1, 0.15) is 5.75 Å². The molecule has 23 heavy (non-hydrogen) atoms. The third-order valence-corrected chi connectivity index (χ3v) is 4.42. The summed E-state index contributed by atoms with van der Waals surface area (Å²) in [4.78, 5) is 13.5. The highest BCUT2D eigenvalue weighted by molar-refractivity contribution is 7.09. The van der Waals surface area contributed by atoms with Crippen LogP contribution in [-0.2, 0) is 17.8 Å². The van der Waals surface area contributed by atoms with E-state index in [-0.39, 0.29) is 12.5 Å². The zero-order valence-corrected chi connectivity index (χ0v) is 14.3. The number of nitrogens with one attached hydrogen (secondary N) is 1. The number of aliphatic hydroxyl groups excluding tert-OH is 1. The number of amides is 1. The first kappa shape index (κ1) is 17.5. The van der Waals surface area contributed by atoms with E-state index in [0.717, 1.165) is 12.0 Å². The molecule has 0 saturated carbocycles. The predicted molar refractivity (Wildman–Crippen MR) is 92.7 cm³/mol. The number of carbonyl (C=O) groups excluding carboxylic acids is 1. The molecular weight excluding hydrogens is 310 g/mol. The van der Waals surface area contributed by atoms with Crippen LogP contribution in [0.15, 0.2) is 41.8 Å². The molecule has 1 heterocycles. The lowest BCUT2D eigenvalue weighted by Crippen LogP contribution is -2.38. The summed E-state index contributed by atoms with van der Waals surface area (Å²) in [6.45, 7) is 4.43. The van der Waals surface area contributed by atoms with E-state index in [1.165, 1.54) is 4.88 Å². The normalized spacial score (nSPS) is 13.3. The molecule has 4 nitrogen and oxygen atoms in total. The summed E-state index contributed by atoms with van der Waals surface area (Å²) in [7, 11) is 0. The maximum atomic E-state index is 12.1. The van der Waals surface area contributed by atoms with E-state index in [2.05, 4.69) is 23.7 Å². The van der Waals surface area contributed by atoms with Crippen molar-refractivity contribution in [3.8, 4) is 5.75 Å². The summed E-state index contributed by atoms with van der Waals surface area (Å²) >= 11 is 1.74. The van der Waals surface area contributed by atoms with Crippen molar-refractivity contribution in [2.45, 2.75) is 33.0 Å². The quantitative estimate of drug-likeness (QED) is 0.781. The van der Waals surface area contributed by atoms with Crippen LogP contribution in [-0.4, -0.2) is 23.7 Å². The van der Waals surface area contributed by atoms with Crippen LogP contribution in [0, 0.1) is 5.92 Å². The van der Waals surface area contributed by atoms with Gasteiger partial charge in [0.2, 0.25) is 0 Å². The molecule has 0 aliphatic rings. The first-order valence-corrected chi connectivity index (χ1v) is 8.63. The van der Waals surface area contributed by atoms with Gasteiger partial charge in [0.15, 0.2) is 6.10 Å². The van der Waals surface area contributed by atoms with Crippen LogP contribution in [0.1, 0.15) is 24.3 Å². The molecule has 2 atom stereocenters. The molecule has 5 heteroatoms. The van der Waals surface area contributed by atoms with Gasteiger partial charge in [-0.1, -0.05) is 25.1 Å². The van der Waals surface area contributed by atoms with Gasteiger partial charge in [0.25, 0.3) is 5.91 Å². The van der Waals surface area contributed by atoms with Crippen LogP contribution in [0.5, 0.6) is 5.75 Å². The average Bonchev–Trinajstić information content (AvgIpc) is 3.05. The summed E-state index contributed by atoms with van der Waals surface area (Å²) < 4.78 is 5.64. The average molecular weight is 333 g/mol. The Labute approximate surface area is 141 Å². The summed E-state index contributed by atoms with van der Waals surface area (Å²) in [6.07, 6.45) is 0.393. The molecule has 1 aromatic heterocycles. The third kappa shape index (κ3) is 5.69. The number of rotatable bonds is 8. The maximum absolute atomic E-state index is 12.1. The van der Waals surface area contributed by atoms with E-state index < -0.39 is 6.10 Å². The molecular formula is C18H23NO3S. The van der Waals surface area contributed by atoms with E-state index >= 15 is 0 Å². The fraction of sp³-hybridized carbons (Fsp3) is 0.389. The second-order valence-electron chi connectivity index (χ2n) is 5.70. The molecule has 1 aromatic carbocycles. The highest BCUT2D eigenvalue weighted by atomic mass is 32.1. The second-order valence-corrected chi connectivity index (χ2v) is 6.73. The van der Waals surface area contributed by atoms with Crippen molar-refractivity contribution in [1.82, 2.24) is 5.32 Å². The molecule has 0 aliphatic heterocycles. The number of thiophene rings is 1. The minimum Gasteiger partial charge on any atom is -0.481 e. The number of ether oxygens (including phenoxy) is 1. The minimum absolute atomic E-state index is 0.0436. The van der Waals surface area contributed by atoms with Gasteiger partial charge >= 0.3 is 0 Å². The molecule has 2 unspecified atom stereocenters. The topological polar surface area (TPSA) is 58.6 Å². The largest absolute Gasteiger partial charge is 0.481 e. The van der Waals surface area contributed by atoms with Crippen LogP contribution < -0.4 is 10.1 Å². The first-order chi connectivity index (χ1) is 11.1. The van der Waals surface area contributed by atoms with Gasteiger partial charge in [-0.05, 0) is 48.4 Å². The number of carbonyl (C=O) groups is 1. The molecule has 124 valence electrons. The second kappa shape index (κ2) is 8.70. The number of hydrogen-bond donors (Lipinski definition) is 2. The SMILES string of the molecule is CC(CNC(=O)C(C)Oc1cccc(CO)c1)Cc1cccs1. The Bertz CT molecular complexity index is 612. The van der Waals surface area contributed by atoms with Crippen molar-refractivity contribution in [3.63, 3.8) is 0 Å². The molecule has 2 aromatic rings. The molecule has 0 fully saturated rings. The molecule has 2 N–H and O–H groups in total. The number of benzene rings is 1.